The van der Waals surface area contributed by atoms with Crippen molar-refractivity contribution in [1.82, 2.24) is 4.90 Å². The van der Waals surface area contributed by atoms with Crippen LogP contribution < -0.4 is 14.4 Å². The molecule has 0 spiro atoms. The first-order chi connectivity index (χ1) is 12.6. The molecule has 1 aliphatic heterocycles. The minimum absolute atomic E-state index is 0.000596. The first-order valence-corrected chi connectivity index (χ1v) is 9.04. The van der Waals surface area contributed by atoms with E-state index in [1.807, 2.05) is 35.2 Å². The number of nitrogens with zero attached hydrogens (tertiary/aromatic N) is 2. The molecule has 0 bridgehead atoms. The monoisotopic (exact) mass is 374 g/mol. The number of amides is 1. The van der Waals surface area contributed by atoms with Crippen molar-refractivity contribution in [2.75, 3.05) is 38.2 Å². The maximum absolute atomic E-state index is 12.6. The number of rotatable bonds is 5. The van der Waals surface area contributed by atoms with Gasteiger partial charge in [-0.3, -0.25) is 4.79 Å². The van der Waals surface area contributed by atoms with E-state index in [4.69, 9.17) is 21.1 Å². The molecule has 0 aliphatic carbocycles. The third-order valence-corrected chi connectivity index (χ3v) is 4.72. The van der Waals surface area contributed by atoms with Crippen molar-refractivity contribution >= 4 is 23.2 Å². The van der Waals surface area contributed by atoms with Gasteiger partial charge in [0, 0.05) is 36.9 Å². The van der Waals surface area contributed by atoms with E-state index in [0.717, 1.165) is 24.5 Å². The highest BCUT2D eigenvalue weighted by molar-refractivity contribution is 6.30. The third kappa shape index (κ3) is 4.41. The van der Waals surface area contributed by atoms with Gasteiger partial charge in [-0.15, -0.1) is 0 Å². The highest BCUT2D eigenvalue weighted by Crippen LogP contribution is 2.22. The maximum atomic E-state index is 12.6. The number of methoxy groups -OCH3 is 1. The van der Waals surface area contributed by atoms with Crippen molar-refractivity contribution in [3.05, 3.63) is 53.6 Å². The molecule has 1 atom stereocenters. The quantitative estimate of drug-likeness (QED) is 0.803. The average molecular weight is 375 g/mol. The van der Waals surface area contributed by atoms with Gasteiger partial charge in [0.25, 0.3) is 5.91 Å². The second kappa shape index (κ2) is 8.32. The van der Waals surface area contributed by atoms with Crippen molar-refractivity contribution < 1.29 is 14.3 Å². The zero-order valence-corrected chi connectivity index (χ0v) is 15.8. The van der Waals surface area contributed by atoms with E-state index in [1.165, 1.54) is 0 Å². The first-order valence-electron chi connectivity index (χ1n) is 8.67. The zero-order valence-electron chi connectivity index (χ0n) is 15.0. The first kappa shape index (κ1) is 18.4. The smallest absolute Gasteiger partial charge is 0.263 e. The number of hydrogen-bond acceptors (Lipinski definition) is 4. The van der Waals surface area contributed by atoms with Crippen LogP contribution in [0, 0.1) is 0 Å². The summed E-state index contributed by atoms with van der Waals surface area (Å²) in [6.07, 6.45) is -0.541. The Labute approximate surface area is 159 Å². The number of halogens is 1. The predicted molar refractivity (Wildman–Crippen MR) is 103 cm³/mol. The summed E-state index contributed by atoms with van der Waals surface area (Å²) >= 11 is 5.96. The summed E-state index contributed by atoms with van der Waals surface area (Å²) < 4.78 is 10.9. The van der Waals surface area contributed by atoms with Crippen LogP contribution in [0.4, 0.5) is 5.69 Å². The van der Waals surface area contributed by atoms with Crippen LogP contribution in [0.15, 0.2) is 48.5 Å². The highest BCUT2D eigenvalue weighted by atomic mass is 35.5. The Balaban J connectivity index is 1.54. The minimum Gasteiger partial charge on any atom is -0.497 e. The molecule has 6 heteroatoms. The Morgan fingerprint density at radius 1 is 1.04 bits per heavy atom. The van der Waals surface area contributed by atoms with Gasteiger partial charge in [-0.1, -0.05) is 17.7 Å². The molecule has 0 aromatic heterocycles. The topological polar surface area (TPSA) is 42.0 Å². The number of hydrogen-bond donors (Lipinski definition) is 0. The van der Waals surface area contributed by atoms with Crippen LogP contribution in [0.25, 0.3) is 0 Å². The molecule has 138 valence electrons. The van der Waals surface area contributed by atoms with Crippen molar-refractivity contribution in [1.29, 1.82) is 0 Å². The van der Waals surface area contributed by atoms with Crippen molar-refractivity contribution in [3.63, 3.8) is 0 Å². The SMILES string of the molecule is COc1ccc(N2CCN(C(=O)C(C)Oc3cccc(Cl)c3)CC2)cc1. The van der Waals surface area contributed by atoms with E-state index in [9.17, 15) is 4.79 Å². The molecule has 26 heavy (non-hydrogen) atoms. The van der Waals surface area contributed by atoms with Crippen LogP contribution >= 0.6 is 11.6 Å². The van der Waals surface area contributed by atoms with Crippen molar-refractivity contribution in [3.8, 4) is 11.5 Å². The Hall–Kier alpha value is -2.40. The maximum Gasteiger partial charge on any atom is 0.263 e. The van der Waals surface area contributed by atoms with Crippen LogP contribution in [-0.2, 0) is 4.79 Å². The van der Waals surface area contributed by atoms with Gasteiger partial charge in [0.1, 0.15) is 11.5 Å². The fourth-order valence-electron chi connectivity index (χ4n) is 3.03. The van der Waals surface area contributed by atoms with Gasteiger partial charge in [0.05, 0.1) is 7.11 Å². The molecule has 1 unspecified atom stereocenters. The number of carbonyl (C=O) groups is 1. The molecular weight excluding hydrogens is 352 g/mol. The van der Waals surface area contributed by atoms with E-state index in [1.54, 1.807) is 32.2 Å². The second-order valence-electron chi connectivity index (χ2n) is 6.23. The Bertz CT molecular complexity index is 743. The number of ether oxygens (including phenoxy) is 2. The van der Waals surface area contributed by atoms with E-state index in [-0.39, 0.29) is 5.91 Å². The third-order valence-electron chi connectivity index (χ3n) is 4.49. The molecule has 1 aliphatic rings. The fourth-order valence-corrected chi connectivity index (χ4v) is 3.21. The summed E-state index contributed by atoms with van der Waals surface area (Å²) in [5.41, 5.74) is 1.14. The molecule has 2 aromatic rings. The molecular formula is C20H23ClN2O3. The lowest BCUT2D eigenvalue weighted by molar-refractivity contribution is -0.138. The van der Waals surface area contributed by atoms with Gasteiger partial charge >= 0.3 is 0 Å². The lowest BCUT2D eigenvalue weighted by Gasteiger charge is -2.37. The normalized spacial score (nSPS) is 15.5. The van der Waals surface area contributed by atoms with E-state index < -0.39 is 6.10 Å². The van der Waals surface area contributed by atoms with E-state index >= 15 is 0 Å². The van der Waals surface area contributed by atoms with Crippen LogP contribution in [-0.4, -0.2) is 50.2 Å². The van der Waals surface area contributed by atoms with Gasteiger partial charge < -0.3 is 19.3 Å². The van der Waals surface area contributed by atoms with Crippen molar-refractivity contribution in [2.45, 2.75) is 13.0 Å². The number of carbonyl (C=O) groups excluding carboxylic acids is 1. The Morgan fingerprint density at radius 2 is 1.73 bits per heavy atom. The molecule has 2 aromatic carbocycles. The average Bonchev–Trinajstić information content (AvgIpc) is 2.67. The largest absolute Gasteiger partial charge is 0.497 e. The van der Waals surface area contributed by atoms with Crippen molar-refractivity contribution in [2.24, 2.45) is 0 Å². The lowest BCUT2D eigenvalue weighted by Crippen LogP contribution is -2.52. The lowest BCUT2D eigenvalue weighted by atomic mass is 10.2. The van der Waals surface area contributed by atoms with Gasteiger partial charge in [0.15, 0.2) is 6.10 Å². The summed E-state index contributed by atoms with van der Waals surface area (Å²) in [5.74, 6) is 1.45. The Kier molecular flexibility index (Phi) is 5.89. The fraction of sp³-hybridized carbons (Fsp3) is 0.350. The predicted octanol–water partition coefficient (Wildman–Crippen LogP) is 3.46. The van der Waals surface area contributed by atoms with Crippen LogP contribution in [0.2, 0.25) is 5.02 Å². The second-order valence-corrected chi connectivity index (χ2v) is 6.66. The molecule has 0 N–H and O–H groups in total. The molecule has 3 rings (SSSR count). The molecule has 5 nitrogen and oxygen atoms in total. The van der Waals surface area contributed by atoms with Gasteiger partial charge in [-0.2, -0.15) is 0 Å². The molecule has 0 saturated carbocycles. The molecule has 0 radical (unpaired) electrons. The highest BCUT2D eigenvalue weighted by Gasteiger charge is 2.26. The van der Waals surface area contributed by atoms with E-state index in [0.29, 0.717) is 23.9 Å². The van der Waals surface area contributed by atoms with Crippen LogP contribution in [0.1, 0.15) is 6.92 Å². The van der Waals surface area contributed by atoms with Gasteiger partial charge in [-0.25, -0.2) is 0 Å². The molecule has 1 fully saturated rings. The minimum atomic E-state index is -0.541. The molecule has 1 amide bonds. The van der Waals surface area contributed by atoms with Crippen LogP contribution in [0.5, 0.6) is 11.5 Å². The summed E-state index contributed by atoms with van der Waals surface area (Å²) in [4.78, 5) is 16.8. The zero-order chi connectivity index (χ0) is 18.5. The standard InChI is InChI=1S/C20H23ClN2O3/c1-15(26-19-5-3-4-16(21)14-19)20(24)23-12-10-22(11-13-23)17-6-8-18(25-2)9-7-17/h3-9,14-15H,10-13H2,1-2H3. The van der Waals surface area contributed by atoms with Gasteiger partial charge in [-0.05, 0) is 49.4 Å². The summed E-state index contributed by atoms with van der Waals surface area (Å²) in [7, 11) is 1.66. The van der Waals surface area contributed by atoms with Gasteiger partial charge in [0.2, 0.25) is 0 Å². The number of benzene rings is 2. The summed E-state index contributed by atoms with van der Waals surface area (Å²) in [5, 5.41) is 0.593. The molecule has 1 saturated heterocycles. The number of anilines is 1. The summed E-state index contributed by atoms with van der Waals surface area (Å²) in [6, 6.07) is 15.1. The Morgan fingerprint density at radius 3 is 2.35 bits per heavy atom. The van der Waals surface area contributed by atoms with E-state index in [2.05, 4.69) is 4.90 Å². The molecule has 1 heterocycles. The summed E-state index contributed by atoms with van der Waals surface area (Å²) in [6.45, 7) is 4.71. The van der Waals surface area contributed by atoms with Crippen LogP contribution in [0.3, 0.4) is 0 Å². The number of piperazine rings is 1.